The normalized spacial score (nSPS) is 11.4. The van der Waals surface area contributed by atoms with E-state index in [4.69, 9.17) is 32.5 Å². The number of benzene rings is 2. The molecule has 4 aromatic rings. The number of nitrogens with zero attached hydrogens (tertiary/aromatic N) is 2. The number of aromatic nitrogens is 2. The van der Waals surface area contributed by atoms with Crippen molar-refractivity contribution < 1.29 is 71.2 Å². The predicted molar refractivity (Wildman–Crippen MR) is 219 cm³/mol. The highest BCUT2D eigenvalue weighted by Crippen LogP contribution is 2.24. The van der Waals surface area contributed by atoms with Gasteiger partial charge in [0.1, 0.15) is 22.6 Å². The molecule has 0 atom stereocenters. The van der Waals surface area contributed by atoms with Crippen molar-refractivity contribution in [1.82, 2.24) is 9.97 Å². The molecular formula is C44H52N2O15. The Balaban J connectivity index is 0.000000337. The van der Waals surface area contributed by atoms with Gasteiger partial charge >= 0.3 is 29.8 Å². The third-order valence-electron chi connectivity index (χ3n) is 6.72. The summed E-state index contributed by atoms with van der Waals surface area (Å²) in [5.41, 5.74) is -0.251. The Bertz CT molecular complexity index is 2200. The maximum atomic E-state index is 11.9. The van der Waals surface area contributed by atoms with Crippen LogP contribution in [0.1, 0.15) is 120 Å². The van der Waals surface area contributed by atoms with E-state index in [0.29, 0.717) is 16.7 Å². The SMILES string of the molecule is CC(C)(C)OC(=O)C(=O)OC(C)(C)C.CCOC(=O)c1cnc(-c2cccc(C(C)=O)c2)o1.CCOC(=O)c1cnc(-c2cccc(C(O)=CC(=O)C(=O)OC(C)(C)C)c2)o1. The summed E-state index contributed by atoms with van der Waals surface area (Å²) in [6.07, 6.45) is 3.34. The number of rotatable bonds is 10. The molecule has 4 rings (SSSR count). The molecule has 0 unspecified atom stereocenters. The summed E-state index contributed by atoms with van der Waals surface area (Å²) in [7, 11) is 0. The van der Waals surface area contributed by atoms with Crippen LogP contribution in [-0.2, 0) is 42.9 Å². The number of ether oxygens (including phenoxy) is 5. The summed E-state index contributed by atoms with van der Waals surface area (Å²) in [5.74, 6) is -5.20. The van der Waals surface area contributed by atoms with Crippen molar-refractivity contribution in [3.63, 3.8) is 0 Å². The van der Waals surface area contributed by atoms with Crippen LogP contribution in [0.15, 0.2) is 75.8 Å². The molecule has 2 aromatic heterocycles. The monoisotopic (exact) mass is 848 g/mol. The van der Waals surface area contributed by atoms with E-state index >= 15 is 0 Å². The summed E-state index contributed by atoms with van der Waals surface area (Å²) in [5, 5.41) is 10.2. The second-order valence-corrected chi connectivity index (χ2v) is 15.6. The van der Waals surface area contributed by atoms with E-state index in [1.54, 1.807) is 113 Å². The Labute approximate surface area is 353 Å². The van der Waals surface area contributed by atoms with Gasteiger partial charge in [-0.25, -0.2) is 33.9 Å². The van der Waals surface area contributed by atoms with Gasteiger partial charge in [-0.15, -0.1) is 0 Å². The zero-order chi connectivity index (χ0) is 46.3. The van der Waals surface area contributed by atoms with E-state index in [9.17, 15) is 38.7 Å². The third kappa shape index (κ3) is 17.9. The van der Waals surface area contributed by atoms with Gasteiger partial charge in [0, 0.05) is 28.3 Å². The molecule has 0 aliphatic carbocycles. The molecular weight excluding hydrogens is 796 g/mol. The second kappa shape index (κ2) is 21.9. The molecule has 0 saturated carbocycles. The van der Waals surface area contributed by atoms with E-state index in [-0.39, 0.29) is 47.9 Å². The van der Waals surface area contributed by atoms with E-state index in [0.717, 1.165) is 6.08 Å². The lowest BCUT2D eigenvalue weighted by molar-refractivity contribution is -0.180. The van der Waals surface area contributed by atoms with Crippen molar-refractivity contribution >= 4 is 47.2 Å². The average Bonchev–Trinajstić information content (AvgIpc) is 3.85. The Morgan fingerprint density at radius 2 is 0.984 bits per heavy atom. The molecule has 61 heavy (non-hydrogen) atoms. The summed E-state index contributed by atoms with van der Waals surface area (Å²) >= 11 is 0. The van der Waals surface area contributed by atoms with Crippen molar-refractivity contribution in [3.8, 4) is 22.9 Å². The van der Waals surface area contributed by atoms with Crippen LogP contribution in [0.2, 0.25) is 0 Å². The Morgan fingerprint density at radius 1 is 0.607 bits per heavy atom. The first-order valence-corrected chi connectivity index (χ1v) is 18.9. The highest BCUT2D eigenvalue weighted by molar-refractivity contribution is 6.39. The van der Waals surface area contributed by atoms with Crippen LogP contribution in [0.25, 0.3) is 28.7 Å². The lowest BCUT2D eigenvalue weighted by Gasteiger charge is -2.22. The first-order valence-electron chi connectivity index (χ1n) is 18.9. The van der Waals surface area contributed by atoms with Crippen molar-refractivity contribution in [1.29, 1.82) is 0 Å². The fourth-order valence-corrected chi connectivity index (χ4v) is 4.33. The number of carbonyl (C=O) groups is 7. The van der Waals surface area contributed by atoms with E-state index in [2.05, 4.69) is 9.97 Å². The zero-order valence-corrected chi connectivity index (χ0v) is 36.3. The van der Waals surface area contributed by atoms with E-state index in [1.165, 1.54) is 31.5 Å². The van der Waals surface area contributed by atoms with Crippen LogP contribution < -0.4 is 0 Å². The fourth-order valence-electron chi connectivity index (χ4n) is 4.33. The predicted octanol–water partition coefficient (Wildman–Crippen LogP) is 7.72. The molecule has 328 valence electrons. The van der Waals surface area contributed by atoms with Crippen molar-refractivity contribution in [2.45, 2.75) is 99.9 Å². The quantitative estimate of drug-likeness (QED) is 0.0401. The fraction of sp³-hybridized carbons (Fsp3) is 0.386. The van der Waals surface area contributed by atoms with Crippen LogP contribution in [0.4, 0.5) is 0 Å². The smallest absolute Gasteiger partial charge is 0.418 e. The van der Waals surface area contributed by atoms with Gasteiger partial charge in [-0.1, -0.05) is 24.3 Å². The molecule has 17 nitrogen and oxygen atoms in total. The van der Waals surface area contributed by atoms with E-state index in [1.807, 2.05) is 0 Å². The van der Waals surface area contributed by atoms with Crippen LogP contribution in [0, 0.1) is 0 Å². The number of aliphatic hydroxyl groups excluding tert-OH is 1. The van der Waals surface area contributed by atoms with Crippen LogP contribution in [-0.4, -0.2) is 86.5 Å². The highest BCUT2D eigenvalue weighted by Gasteiger charge is 2.28. The molecule has 1 N–H and O–H groups in total. The Hall–Kier alpha value is -6.91. The van der Waals surface area contributed by atoms with Gasteiger partial charge in [0.25, 0.3) is 5.78 Å². The molecule has 2 aromatic carbocycles. The van der Waals surface area contributed by atoms with Crippen molar-refractivity contribution in [3.05, 3.63) is 89.6 Å². The number of esters is 5. The summed E-state index contributed by atoms with van der Waals surface area (Å²) in [6.45, 7) is 20.4. The number of aliphatic hydroxyl groups is 1. The lowest BCUT2D eigenvalue weighted by atomic mass is 10.1. The molecule has 17 heteroatoms. The first-order chi connectivity index (χ1) is 28.2. The minimum absolute atomic E-state index is 0.0426. The minimum Gasteiger partial charge on any atom is -0.507 e. The van der Waals surface area contributed by atoms with Crippen molar-refractivity contribution in [2.24, 2.45) is 0 Å². The molecule has 0 aliphatic rings. The number of oxazole rings is 2. The van der Waals surface area contributed by atoms with Gasteiger partial charge < -0.3 is 37.6 Å². The van der Waals surface area contributed by atoms with Gasteiger partial charge in [0.15, 0.2) is 5.78 Å². The summed E-state index contributed by atoms with van der Waals surface area (Å²) in [4.78, 5) is 88.4. The van der Waals surface area contributed by atoms with Gasteiger partial charge in [0.2, 0.25) is 23.3 Å². The number of ketones is 2. The molecule has 0 bridgehead atoms. The molecule has 0 radical (unpaired) electrons. The largest absolute Gasteiger partial charge is 0.507 e. The molecule has 0 saturated heterocycles. The van der Waals surface area contributed by atoms with Crippen LogP contribution >= 0.6 is 0 Å². The molecule has 0 spiro atoms. The van der Waals surface area contributed by atoms with Gasteiger partial charge in [0.05, 0.1) is 25.6 Å². The Kier molecular flexibility index (Phi) is 18.0. The maximum absolute atomic E-state index is 11.9. The third-order valence-corrected chi connectivity index (χ3v) is 6.72. The van der Waals surface area contributed by atoms with Crippen LogP contribution in [0.3, 0.4) is 0 Å². The maximum Gasteiger partial charge on any atom is 0.418 e. The summed E-state index contributed by atoms with van der Waals surface area (Å²) < 4.78 is 35.0. The molecule has 2 heterocycles. The number of carbonyl (C=O) groups excluding carboxylic acids is 7. The van der Waals surface area contributed by atoms with Gasteiger partial charge in [-0.05, 0) is 107 Å². The van der Waals surface area contributed by atoms with Gasteiger partial charge in [-0.3, -0.25) is 9.59 Å². The average molecular weight is 849 g/mol. The highest BCUT2D eigenvalue weighted by atomic mass is 16.6. The molecule has 0 aliphatic heterocycles. The first kappa shape index (κ1) is 50.2. The van der Waals surface area contributed by atoms with Crippen LogP contribution in [0.5, 0.6) is 0 Å². The number of Topliss-reactive ketones (excluding diaryl/α,β-unsaturated/α-hetero) is 1. The van der Waals surface area contributed by atoms with E-state index < -0.39 is 58.2 Å². The van der Waals surface area contributed by atoms with Gasteiger partial charge in [-0.2, -0.15) is 0 Å². The zero-order valence-electron chi connectivity index (χ0n) is 36.3. The summed E-state index contributed by atoms with van der Waals surface area (Å²) in [6, 6.07) is 13.1. The molecule has 0 amide bonds. The minimum atomic E-state index is -1.07. The Morgan fingerprint density at radius 3 is 1.36 bits per heavy atom. The second-order valence-electron chi connectivity index (χ2n) is 15.6. The molecule has 0 fully saturated rings. The standard InChI is InChI=1S/C20H21NO7.C14H13NO4.C10H18O4/c1-5-26-19(25)16-11-21-17(27-16)13-8-6-7-12(9-13)14(22)10-15(23)18(24)28-20(2,3)4;1-3-18-14(17)12-8-15-13(19-12)11-6-4-5-10(7-11)9(2)16;1-9(2,3)13-7(11)8(12)14-10(4,5)6/h6-11,22H,5H2,1-4H3;4-8H,3H2,1-2H3;1-6H3. The lowest BCUT2D eigenvalue weighted by Crippen LogP contribution is -2.34. The number of hydrogen-bond donors (Lipinski definition) is 1. The van der Waals surface area contributed by atoms with Crippen molar-refractivity contribution in [2.75, 3.05) is 13.2 Å². The number of hydrogen-bond acceptors (Lipinski definition) is 17. The topological polar surface area (TPSA) is 238 Å².